The smallest absolute Gasteiger partial charge is 0.0227 e. The molecule has 0 aromatic heterocycles. The maximum absolute atomic E-state index is 3.84. The molecule has 0 heteroatoms. The quantitative estimate of drug-likeness (QED) is 0.605. The Hall–Kier alpha value is -1.56. The molecular weight excluding hydrogens is 156 g/mol. The molecule has 1 aromatic rings. The molecule has 66 valence electrons. The van der Waals surface area contributed by atoms with Crippen molar-refractivity contribution in [3.63, 3.8) is 0 Å². The predicted molar refractivity (Wildman–Crippen MR) is 59.4 cm³/mol. The van der Waals surface area contributed by atoms with E-state index >= 15 is 0 Å². The maximum Gasteiger partial charge on any atom is -0.0227 e. The van der Waals surface area contributed by atoms with Crippen molar-refractivity contribution in [1.82, 2.24) is 0 Å². The second-order valence-electron chi connectivity index (χ2n) is 2.97. The van der Waals surface area contributed by atoms with E-state index in [1.165, 1.54) is 11.1 Å². The zero-order valence-electron chi connectivity index (χ0n) is 7.96. The van der Waals surface area contributed by atoms with Crippen molar-refractivity contribution in [1.29, 1.82) is 0 Å². The molecule has 0 saturated heterocycles. The normalized spacial score (nSPS) is 11.0. The van der Waals surface area contributed by atoms with Crippen molar-refractivity contribution >= 4 is 5.57 Å². The highest BCUT2D eigenvalue weighted by Crippen LogP contribution is 2.14. The number of rotatable bonds is 3. The first-order valence-corrected chi connectivity index (χ1v) is 4.29. The van der Waals surface area contributed by atoms with Crippen LogP contribution in [-0.4, -0.2) is 0 Å². The Morgan fingerprint density at radius 1 is 1.23 bits per heavy atom. The highest BCUT2D eigenvalue weighted by molar-refractivity contribution is 5.66. The average Bonchev–Trinajstić information content (AvgIpc) is 2.19. The summed E-state index contributed by atoms with van der Waals surface area (Å²) >= 11 is 0. The highest BCUT2D eigenvalue weighted by Gasteiger charge is 1.92. The van der Waals surface area contributed by atoms with Crippen LogP contribution in [0.15, 0.2) is 61.2 Å². The van der Waals surface area contributed by atoms with Crippen molar-refractivity contribution in [2.24, 2.45) is 0 Å². The Kier molecular flexibility index (Phi) is 3.27. The number of hydrogen-bond donors (Lipinski definition) is 0. The van der Waals surface area contributed by atoms with Crippen LogP contribution in [0.3, 0.4) is 0 Å². The molecule has 0 fully saturated rings. The van der Waals surface area contributed by atoms with Crippen LogP contribution in [0.2, 0.25) is 0 Å². The van der Waals surface area contributed by atoms with Gasteiger partial charge >= 0.3 is 0 Å². The second-order valence-corrected chi connectivity index (χ2v) is 2.97. The zero-order chi connectivity index (χ0) is 9.68. The van der Waals surface area contributed by atoms with Crippen LogP contribution in [0.25, 0.3) is 5.57 Å². The summed E-state index contributed by atoms with van der Waals surface area (Å²) in [6.07, 6.45) is 3.79. The molecule has 0 saturated carbocycles. The zero-order valence-corrected chi connectivity index (χ0v) is 7.96. The number of allylic oxidation sites excluding steroid dienone is 4. The molecule has 0 bridgehead atoms. The summed E-state index contributed by atoms with van der Waals surface area (Å²) in [5.41, 5.74) is 3.39. The lowest BCUT2D eigenvalue weighted by Crippen LogP contribution is -1.78. The second kappa shape index (κ2) is 4.46. The summed E-state index contributed by atoms with van der Waals surface area (Å²) in [5.74, 6) is 0. The van der Waals surface area contributed by atoms with Crippen LogP contribution in [0, 0.1) is 0 Å². The van der Waals surface area contributed by atoms with E-state index in [0.717, 1.165) is 5.57 Å². The molecule has 0 aliphatic heterocycles. The molecule has 0 unspecified atom stereocenters. The molecule has 0 spiro atoms. The third kappa shape index (κ3) is 2.75. The fourth-order valence-corrected chi connectivity index (χ4v) is 1.12. The molecule has 1 aromatic carbocycles. The monoisotopic (exact) mass is 170 g/mol. The Balaban J connectivity index is 2.91. The molecular formula is C13H14. The molecule has 0 N–H and O–H groups in total. The summed E-state index contributed by atoms with van der Waals surface area (Å²) in [6.45, 7) is 9.58. The lowest BCUT2D eigenvalue weighted by atomic mass is 10.1. The minimum absolute atomic E-state index is 0.946. The van der Waals surface area contributed by atoms with Gasteiger partial charge in [0, 0.05) is 0 Å². The Morgan fingerprint density at radius 2 is 1.85 bits per heavy atom. The number of benzene rings is 1. The van der Waals surface area contributed by atoms with Crippen molar-refractivity contribution < 1.29 is 0 Å². The minimum Gasteiger partial charge on any atom is -0.0985 e. The van der Waals surface area contributed by atoms with Gasteiger partial charge in [0.15, 0.2) is 0 Å². The van der Waals surface area contributed by atoms with E-state index in [1.807, 2.05) is 24.3 Å². The minimum atomic E-state index is 0.946. The van der Waals surface area contributed by atoms with E-state index in [0.29, 0.717) is 0 Å². The molecule has 0 nitrogen and oxygen atoms in total. The third-order valence-electron chi connectivity index (χ3n) is 1.89. The Morgan fingerprint density at radius 3 is 2.38 bits per heavy atom. The van der Waals surface area contributed by atoms with Crippen LogP contribution >= 0.6 is 0 Å². The van der Waals surface area contributed by atoms with Gasteiger partial charge in [-0.15, -0.1) is 0 Å². The topological polar surface area (TPSA) is 0 Å². The van der Waals surface area contributed by atoms with E-state index in [1.54, 1.807) is 6.08 Å². The van der Waals surface area contributed by atoms with Gasteiger partial charge in [0.1, 0.15) is 0 Å². The van der Waals surface area contributed by atoms with Crippen LogP contribution in [0.1, 0.15) is 12.5 Å². The van der Waals surface area contributed by atoms with E-state index in [-0.39, 0.29) is 0 Å². The molecule has 0 aliphatic rings. The van der Waals surface area contributed by atoms with Crippen molar-refractivity contribution in [2.75, 3.05) is 0 Å². The standard InChI is InChI=1S/C13H14/c1-4-11(2)10-12(3)13-8-6-5-7-9-13/h4-10H,1-2H2,3H3/b12-10+. The van der Waals surface area contributed by atoms with E-state index in [4.69, 9.17) is 0 Å². The van der Waals surface area contributed by atoms with Gasteiger partial charge in [0.05, 0.1) is 0 Å². The van der Waals surface area contributed by atoms with Gasteiger partial charge in [0.25, 0.3) is 0 Å². The highest BCUT2D eigenvalue weighted by atomic mass is 14.0. The number of hydrogen-bond acceptors (Lipinski definition) is 0. The van der Waals surface area contributed by atoms with Gasteiger partial charge in [-0.25, -0.2) is 0 Å². The molecule has 0 amide bonds. The van der Waals surface area contributed by atoms with Gasteiger partial charge in [-0.1, -0.05) is 55.6 Å². The molecule has 0 aliphatic carbocycles. The summed E-state index contributed by atoms with van der Waals surface area (Å²) in [7, 11) is 0. The van der Waals surface area contributed by atoms with E-state index < -0.39 is 0 Å². The van der Waals surface area contributed by atoms with Crippen LogP contribution in [0.4, 0.5) is 0 Å². The van der Waals surface area contributed by atoms with Gasteiger partial charge < -0.3 is 0 Å². The maximum atomic E-state index is 3.84. The molecule has 0 radical (unpaired) electrons. The Bertz CT molecular complexity index is 328. The lowest BCUT2D eigenvalue weighted by molar-refractivity contribution is 1.55. The average molecular weight is 170 g/mol. The predicted octanol–water partition coefficient (Wildman–Crippen LogP) is 3.83. The molecule has 0 heterocycles. The molecule has 1 rings (SSSR count). The van der Waals surface area contributed by atoms with Crippen molar-refractivity contribution in [3.8, 4) is 0 Å². The first-order chi connectivity index (χ1) is 6.24. The van der Waals surface area contributed by atoms with Gasteiger partial charge in [-0.2, -0.15) is 0 Å². The summed E-state index contributed by atoms with van der Waals surface area (Å²) in [6, 6.07) is 10.2. The fraction of sp³-hybridized carbons (Fsp3) is 0.0769. The molecule has 0 atom stereocenters. The summed E-state index contributed by atoms with van der Waals surface area (Å²) in [4.78, 5) is 0. The van der Waals surface area contributed by atoms with Gasteiger partial charge in [-0.05, 0) is 23.6 Å². The fourth-order valence-electron chi connectivity index (χ4n) is 1.12. The van der Waals surface area contributed by atoms with Crippen molar-refractivity contribution in [2.45, 2.75) is 6.92 Å². The third-order valence-corrected chi connectivity index (χ3v) is 1.89. The summed E-state index contributed by atoms with van der Waals surface area (Å²) < 4.78 is 0. The van der Waals surface area contributed by atoms with Gasteiger partial charge in [0.2, 0.25) is 0 Å². The summed E-state index contributed by atoms with van der Waals surface area (Å²) in [5, 5.41) is 0. The van der Waals surface area contributed by atoms with Crippen LogP contribution < -0.4 is 0 Å². The SMILES string of the molecule is C=CC(=C)/C=C(\C)c1ccccc1. The molecule has 13 heavy (non-hydrogen) atoms. The lowest BCUT2D eigenvalue weighted by Gasteiger charge is -2.00. The first kappa shape index (κ1) is 9.53. The Labute approximate surface area is 79.9 Å². The van der Waals surface area contributed by atoms with E-state index in [2.05, 4.69) is 32.2 Å². The largest absolute Gasteiger partial charge is 0.0985 e. The van der Waals surface area contributed by atoms with Crippen molar-refractivity contribution in [3.05, 3.63) is 66.8 Å². The van der Waals surface area contributed by atoms with E-state index in [9.17, 15) is 0 Å². The van der Waals surface area contributed by atoms with Crippen LogP contribution in [0.5, 0.6) is 0 Å². The van der Waals surface area contributed by atoms with Crippen LogP contribution in [-0.2, 0) is 0 Å². The van der Waals surface area contributed by atoms with Gasteiger partial charge in [-0.3, -0.25) is 0 Å². The first-order valence-electron chi connectivity index (χ1n) is 4.29.